The number of hydrogen-bond donors (Lipinski definition) is 1. The molecule has 114 valence electrons. The zero-order valence-corrected chi connectivity index (χ0v) is 13.0. The Morgan fingerprint density at radius 1 is 1.43 bits per heavy atom. The molecule has 1 aliphatic heterocycles. The summed E-state index contributed by atoms with van der Waals surface area (Å²) in [6.45, 7) is 4.23. The van der Waals surface area contributed by atoms with E-state index in [1.807, 2.05) is 32.0 Å². The van der Waals surface area contributed by atoms with Gasteiger partial charge in [-0.2, -0.15) is 0 Å². The number of carbonyl (C=O) groups excluding carboxylic acids is 1. The SMILES string of the molecule is Cc1ccc(OCCC(=O)N2CSC[C@H]2C(=O)O)c(C)c1. The molecule has 21 heavy (non-hydrogen) atoms. The molecule has 0 unspecified atom stereocenters. The van der Waals surface area contributed by atoms with Crippen LogP contribution >= 0.6 is 11.8 Å². The Kier molecular flexibility index (Phi) is 5.12. The standard InChI is InChI=1S/C15H19NO4S/c1-10-3-4-13(11(2)7-10)20-6-5-14(17)16-9-21-8-12(16)15(18)19/h3-4,7,12H,5-6,8-9H2,1-2H3,(H,18,19)/t12-/m0/s1. The van der Waals surface area contributed by atoms with Crippen LogP contribution in [0, 0.1) is 13.8 Å². The fourth-order valence-corrected chi connectivity index (χ4v) is 3.42. The first-order valence-electron chi connectivity index (χ1n) is 6.79. The Hall–Kier alpha value is -1.69. The second-order valence-electron chi connectivity index (χ2n) is 5.08. The Balaban J connectivity index is 1.85. The van der Waals surface area contributed by atoms with Crippen molar-refractivity contribution in [3.05, 3.63) is 29.3 Å². The number of carboxylic acids is 1. The van der Waals surface area contributed by atoms with Gasteiger partial charge in [-0.25, -0.2) is 4.79 Å². The molecule has 1 saturated heterocycles. The average Bonchev–Trinajstić information content (AvgIpc) is 2.90. The van der Waals surface area contributed by atoms with Crippen molar-refractivity contribution >= 4 is 23.6 Å². The van der Waals surface area contributed by atoms with E-state index in [4.69, 9.17) is 9.84 Å². The molecular formula is C15H19NO4S. The minimum absolute atomic E-state index is 0.169. The molecule has 0 radical (unpaired) electrons. The van der Waals surface area contributed by atoms with E-state index < -0.39 is 12.0 Å². The maximum Gasteiger partial charge on any atom is 0.327 e. The molecule has 0 saturated carbocycles. The zero-order chi connectivity index (χ0) is 15.4. The minimum atomic E-state index is -0.941. The fourth-order valence-electron chi connectivity index (χ4n) is 2.25. The van der Waals surface area contributed by atoms with Crippen molar-refractivity contribution in [1.82, 2.24) is 4.90 Å². The number of nitrogens with zero attached hydrogens (tertiary/aromatic N) is 1. The average molecular weight is 309 g/mol. The topological polar surface area (TPSA) is 66.8 Å². The van der Waals surface area contributed by atoms with Crippen molar-refractivity contribution in [2.45, 2.75) is 26.3 Å². The van der Waals surface area contributed by atoms with Gasteiger partial charge in [0.15, 0.2) is 0 Å². The molecule has 1 heterocycles. The Bertz CT molecular complexity index is 546. The summed E-state index contributed by atoms with van der Waals surface area (Å²) in [7, 11) is 0. The van der Waals surface area contributed by atoms with Crippen LogP contribution in [0.1, 0.15) is 17.5 Å². The third-order valence-corrected chi connectivity index (χ3v) is 4.40. The second-order valence-corrected chi connectivity index (χ2v) is 6.08. The smallest absolute Gasteiger partial charge is 0.327 e. The van der Waals surface area contributed by atoms with Gasteiger partial charge in [0, 0.05) is 5.75 Å². The highest BCUT2D eigenvalue weighted by atomic mass is 32.2. The number of rotatable bonds is 5. The van der Waals surface area contributed by atoms with Gasteiger partial charge in [0.2, 0.25) is 5.91 Å². The predicted octanol–water partition coefficient (Wildman–Crippen LogP) is 2.06. The number of carbonyl (C=O) groups is 2. The molecule has 1 fully saturated rings. The summed E-state index contributed by atoms with van der Waals surface area (Å²) in [6, 6.07) is 5.17. The second kappa shape index (κ2) is 6.85. The van der Waals surface area contributed by atoms with Gasteiger partial charge in [-0.05, 0) is 25.5 Å². The summed E-state index contributed by atoms with van der Waals surface area (Å²) in [6.07, 6.45) is 0.192. The van der Waals surface area contributed by atoms with Crippen LogP contribution in [0.4, 0.5) is 0 Å². The van der Waals surface area contributed by atoms with Gasteiger partial charge in [-0.15, -0.1) is 11.8 Å². The molecule has 5 nitrogen and oxygen atoms in total. The van der Waals surface area contributed by atoms with Crippen LogP contribution < -0.4 is 4.74 Å². The lowest BCUT2D eigenvalue weighted by molar-refractivity contribution is -0.147. The van der Waals surface area contributed by atoms with Gasteiger partial charge in [-0.3, -0.25) is 4.79 Å². The van der Waals surface area contributed by atoms with Crippen LogP contribution in [0.3, 0.4) is 0 Å². The number of benzene rings is 1. The molecule has 1 aliphatic rings. The number of amides is 1. The van der Waals surface area contributed by atoms with Gasteiger partial charge in [0.1, 0.15) is 11.8 Å². The molecule has 0 spiro atoms. The molecule has 0 aliphatic carbocycles. The van der Waals surface area contributed by atoms with E-state index in [-0.39, 0.29) is 18.9 Å². The maximum atomic E-state index is 12.1. The number of aliphatic carboxylic acids is 1. The molecule has 0 bridgehead atoms. The summed E-state index contributed by atoms with van der Waals surface area (Å²) >= 11 is 1.46. The van der Waals surface area contributed by atoms with Gasteiger partial charge >= 0.3 is 5.97 Å². The van der Waals surface area contributed by atoms with Crippen LogP contribution in [-0.4, -0.2) is 46.2 Å². The van der Waals surface area contributed by atoms with Crippen LogP contribution in [0.15, 0.2) is 18.2 Å². The first-order chi connectivity index (χ1) is 9.99. The van der Waals surface area contributed by atoms with Crippen molar-refractivity contribution in [2.75, 3.05) is 18.2 Å². The highest BCUT2D eigenvalue weighted by Gasteiger charge is 2.34. The summed E-state index contributed by atoms with van der Waals surface area (Å²) in [5.41, 5.74) is 2.19. The van der Waals surface area contributed by atoms with Gasteiger partial charge in [-0.1, -0.05) is 17.7 Å². The van der Waals surface area contributed by atoms with Gasteiger partial charge in [0.25, 0.3) is 0 Å². The fraction of sp³-hybridized carbons (Fsp3) is 0.467. The predicted molar refractivity (Wildman–Crippen MR) is 81.6 cm³/mol. The molecule has 1 atom stereocenters. The Labute approximate surface area is 128 Å². The molecular weight excluding hydrogens is 290 g/mol. The number of hydrogen-bond acceptors (Lipinski definition) is 4. The first kappa shape index (κ1) is 15.7. The molecule has 0 aromatic heterocycles. The minimum Gasteiger partial charge on any atom is -0.493 e. The number of aryl methyl sites for hydroxylation is 2. The largest absolute Gasteiger partial charge is 0.493 e. The van der Waals surface area contributed by atoms with Crippen LogP contribution in [0.2, 0.25) is 0 Å². The van der Waals surface area contributed by atoms with Crippen LogP contribution in [-0.2, 0) is 9.59 Å². The van der Waals surface area contributed by atoms with Gasteiger partial charge in [0.05, 0.1) is 18.9 Å². The van der Waals surface area contributed by atoms with Crippen molar-refractivity contribution in [2.24, 2.45) is 0 Å². The highest BCUT2D eigenvalue weighted by Crippen LogP contribution is 2.22. The van der Waals surface area contributed by atoms with Crippen molar-refractivity contribution in [3.63, 3.8) is 0 Å². The molecule has 1 amide bonds. The summed E-state index contributed by atoms with van der Waals surface area (Å²) < 4.78 is 5.62. The number of thioether (sulfide) groups is 1. The Morgan fingerprint density at radius 2 is 2.19 bits per heavy atom. The Morgan fingerprint density at radius 3 is 2.86 bits per heavy atom. The summed E-state index contributed by atoms with van der Waals surface area (Å²) in [5, 5.41) is 9.06. The normalized spacial score (nSPS) is 17.8. The quantitative estimate of drug-likeness (QED) is 0.902. The molecule has 1 aromatic carbocycles. The summed E-state index contributed by atoms with van der Waals surface area (Å²) in [5.74, 6) is 0.554. The molecule has 1 aromatic rings. The van der Waals surface area contributed by atoms with Crippen molar-refractivity contribution in [1.29, 1.82) is 0 Å². The van der Waals surface area contributed by atoms with E-state index in [0.29, 0.717) is 11.6 Å². The monoisotopic (exact) mass is 309 g/mol. The molecule has 1 N–H and O–H groups in total. The number of carboxylic acid groups (broad SMARTS) is 1. The van der Waals surface area contributed by atoms with Crippen molar-refractivity contribution in [3.8, 4) is 5.75 Å². The van der Waals surface area contributed by atoms with E-state index in [9.17, 15) is 9.59 Å². The summed E-state index contributed by atoms with van der Waals surface area (Å²) in [4.78, 5) is 24.5. The third kappa shape index (κ3) is 3.91. The lowest BCUT2D eigenvalue weighted by Gasteiger charge is -2.20. The van der Waals surface area contributed by atoms with Crippen molar-refractivity contribution < 1.29 is 19.4 Å². The van der Waals surface area contributed by atoms with Crippen LogP contribution in [0.5, 0.6) is 5.75 Å². The lowest BCUT2D eigenvalue weighted by atomic mass is 10.1. The molecule has 6 heteroatoms. The highest BCUT2D eigenvalue weighted by molar-refractivity contribution is 7.99. The van der Waals surface area contributed by atoms with Gasteiger partial charge < -0.3 is 14.7 Å². The zero-order valence-electron chi connectivity index (χ0n) is 12.2. The molecule has 2 rings (SSSR count). The maximum absolute atomic E-state index is 12.1. The van der Waals surface area contributed by atoms with E-state index in [2.05, 4.69) is 0 Å². The third-order valence-electron chi connectivity index (χ3n) is 3.39. The van der Waals surface area contributed by atoms with E-state index in [1.165, 1.54) is 16.7 Å². The van der Waals surface area contributed by atoms with E-state index >= 15 is 0 Å². The lowest BCUT2D eigenvalue weighted by Crippen LogP contribution is -2.42. The van der Waals surface area contributed by atoms with E-state index in [1.54, 1.807) is 0 Å². The van der Waals surface area contributed by atoms with E-state index in [0.717, 1.165) is 16.9 Å². The number of ether oxygens (including phenoxy) is 1. The van der Waals surface area contributed by atoms with Crippen LogP contribution in [0.25, 0.3) is 0 Å². The first-order valence-corrected chi connectivity index (χ1v) is 7.94.